The summed E-state index contributed by atoms with van der Waals surface area (Å²) in [5.41, 5.74) is 5.16. The molecule has 0 saturated heterocycles. The van der Waals surface area contributed by atoms with Crippen LogP contribution in [0.2, 0.25) is 0 Å². The lowest BCUT2D eigenvalue weighted by molar-refractivity contribution is 0.166. The summed E-state index contributed by atoms with van der Waals surface area (Å²) in [5, 5.41) is 16.0. The minimum absolute atomic E-state index is 0.100. The average Bonchev–Trinajstić information content (AvgIpc) is 3.05. The van der Waals surface area contributed by atoms with E-state index in [9.17, 15) is 5.11 Å². The number of aliphatic hydroxyl groups excluding tert-OH is 1. The molecule has 0 fully saturated rings. The third-order valence-corrected chi connectivity index (χ3v) is 6.47. The lowest BCUT2D eigenvalue weighted by Crippen LogP contribution is -2.10. The Labute approximate surface area is 154 Å². The molecule has 6 rings (SSSR count). The van der Waals surface area contributed by atoms with Crippen molar-refractivity contribution < 1.29 is 5.11 Å². The number of hydrogen-bond acceptors (Lipinski definition) is 1. The Morgan fingerprint density at radius 2 is 1.16 bits per heavy atom. The zero-order valence-corrected chi connectivity index (χ0v) is 15.0. The van der Waals surface area contributed by atoms with Gasteiger partial charge in [-0.15, -0.1) is 0 Å². The van der Waals surface area contributed by atoms with Gasteiger partial charge in [-0.1, -0.05) is 58.4 Å². The van der Waals surface area contributed by atoms with E-state index in [0.717, 1.165) is 4.47 Å². The van der Waals surface area contributed by atoms with Crippen molar-refractivity contribution in [1.82, 2.24) is 0 Å². The van der Waals surface area contributed by atoms with Crippen LogP contribution in [0, 0.1) is 0 Å². The molecule has 0 radical (unpaired) electrons. The Hall–Kier alpha value is -2.16. The van der Waals surface area contributed by atoms with Crippen molar-refractivity contribution >= 4 is 37.5 Å². The van der Waals surface area contributed by atoms with E-state index in [1.807, 2.05) is 0 Å². The van der Waals surface area contributed by atoms with Gasteiger partial charge in [-0.3, -0.25) is 0 Å². The first-order valence-corrected chi connectivity index (χ1v) is 9.44. The zero-order valence-electron chi connectivity index (χ0n) is 13.4. The number of hydrogen-bond donors (Lipinski definition) is 1. The second-order valence-corrected chi connectivity index (χ2v) is 8.16. The van der Waals surface area contributed by atoms with E-state index in [1.165, 1.54) is 43.8 Å². The molecular weight excluding hydrogens is 372 g/mol. The van der Waals surface area contributed by atoms with Crippen LogP contribution in [0.5, 0.6) is 0 Å². The summed E-state index contributed by atoms with van der Waals surface area (Å²) in [7, 11) is 0. The van der Waals surface area contributed by atoms with Gasteiger partial charge in [0.05, 0.1) is 6.10 Å². The van der Waals surface area contributed by atoms with Gasteiger partial charge in [0.2, 0.25) is 0 Å². The molecule has 0 amide bonds. The highest BCUT2D eigenvalue weighted by atomic mass is 79.9. The van der Waals surface area contributed by atoms with Gasteiger partial charge in [0.15, 0.2) is 0 Å². The standard InChI is InChI=1S/C23H15BrO/c24-16-5-6-17-20(11-16)22-19-10-15-8-13-4-2-1-3-12(13)7-14(15)9-18(19)21(17)23(22)25/h1-11,21-23,25H. The first kappa shape index (κ1) is 14.1. The minimum Gasteiger partial charge on any atom is -0.391 e. The van der Waals surface area contributed by atoms with Gasteiger partial charge in [0, 0.05) is 16.3 Å². The smallest absolute Gasteiger partial charge is 0.0758 e. The predicted molar refractivity (Wildman–Crippen MR) is 105 cm³/mol. The van der Waals surface area contributed by atoms with Crippen LogP contribution < -0.4 is 0 Å². The van der Waals surface area contributed by atoms with Crippen LogP contribution in [0.1, 0.15) is 34.1 Å². The zero-order chi connectivity index (χ0) is 16.7. The Balaban J connectivity index is 1.65. The molecule has 3 unspecified atom stereocenters. The molecule has 3 atom stereocenters. The van der Waals surface area contributed by atoms with Crippen LogP contribution in [0.15, 0.2) is 71.2 Å². The van der Waals surface area contributed by atoms with Gasteiger partial charge >= 0.3 is 0 Å². The molecule has 4 aromatic rings. The SMILES string of the molecule is OC1C2c3ccc(Br)cc3C1c1cc3cc4ccccc4cc3cc12. The molecule has 25 heavy (non-hydrogen) atoms. The van der Waals surface area contributed by atoms with Crippen LogP contribution in [0.3, 0.4) is 0 Å². The summed E-state index contributed by atoms with van der Waals surface area (Å²) < 4.78 is 1.08. The van der Waals surface area contributed by atoms with Crippen LogP contribution >= 0.6 is 15.9 Å². The van der Waals surface area contributed by atoms with E-state index in [4.69, 9.17) is 0 Å². The van der Waals surface area contributed by atoms with Crippen molar-refractivity contribution in [1.29, 1.82) is 0 Å². The lowest BCUT2D eigenvalue weighted by Gasteiger charge is -2.20. The summed E-state index contributed by atoms with van der Waals surface area (Å²) in [6.07, 6.45) is -0.342. The number of fused-ring (bicyclic) bond motifs is 10. The van der Waals surface area contributed by atoms with Gasteiger partial charge in [-0.2, -0.15) is 0 Å². The van der Waals surface area contributed by atoms with Gasteiger partial charge in [0.25, 0.3) is 0 Å². The highest BCUT2D eigenvalue weighted by Crippen LogP contribution is 2.57. The number of benzene rings is 4. The summed E-state index contributed by atoms with van der Waals surface area (Å²) in [6, 6.07) is 24.1. The summed E-state index contributed by atoms with van der Waals surface area (Å²) in [5.74, 6) is 0.211. The monoisotopic (exact) mass is 386 g/mol. The molecule has 2 aliphatic rings. The molecule has 1 nitrogen and oxygen atoms in total. The van der Waals surface area contributed by atoms with E-state index in [1.54, 1.807) is 0 Å². The van der Waals surface area contributed by atoms with Gasteiger partial charge in [-0.05, 0) is 68.1 Å². The maximum absolute atomic E-state index is 10.9. The van der Waals surface area contributed by atoms with E-state index in [0.29, 0.717) is 0 Å². The van der Waals surface area contributed by atoms with Crippen molar-refractivity contribution in [2.75, 3.05) is 0 Å². The molecule has 2 bridgehead atoms. The van der Waals surface area contributed by atoms with Crippen LogP contribution in [-0.4, -0.2) is 11.2 Å². The molecular formula is C23H15BrO. The second-order valence-electron chi connectivity index (χ2n) is 7.25. The fraction of sp³-hybridized carbons (Fsp3) is 0.130. The summed E-state index contributed by atoms with van der Waals surface area (Å²) >= 11 is 3.58. The number of rotatable bonds is 0. The number of aliphatic hydroxyl groups is 1. The third-order valence-electron chi connectivity index (χ3n) is 5.98. The molecule has 0 spiro atoms. The molecule has 2 heteroatoms. The van der Waals surface area contributed by atoms with Crippen molar-refractivity contribution in [3.8, 4) is 0 Å². The summed E-state index contributed by atoms with van der Waals surface area (Å²) in [6.45, 7) is 0. The molecule has 2 aliphatic carbocycles. The molecule has 0 aliphatic heterocycles. The van der Waals surface area contributed by atoms with Crippen molar-refractivity contribution in [2.24, 2.45) is 0 Å². The average molecular weight is 387 g/mol. The Morgan fingerprint density at radius 3 is 1.80 bits per heavy atom. The van der Waals surface area contributed by atoms with E-state index in [-0.39, 0.29) is 17.9 Å². The molecule has 0 saturated carbocycles. The van der Waals surface area contributed by atoms with Crippen molar-refractivity contribution in [3.63, 3.8) is 0 Å². The van der Waals surface area contributed by atoms with Gasteiger partial charge in [0.1, 0.15) is 0 Å². The summed E-state index contributed by atoms with van der Waals surface area (Å²) in [4.78, 5) is 0. The fourth-order valence-corrected chi connectivity index (χ4v) is 5.31. The number of halogens is 1. The highest BCUT2D eigenvalue weighted by Gasteiger charge is 2.48. The largest absolute Gasteiger partial charge is 0.391 e. The first-order chi connectivity index (χ1) is 12.2. The van der Waals surface area contributed by atoms with Crippen LogP contribution in [-0.2, 0) is 0 Å². The molecule has 4 aromatic carbocycles. The van der Waals surface area contributed by atoms with E-state index < -0.39 is 0 Å². The maximum Gasteiger partial charge on any atom is 0.0758 e. The van der Waals surface area contributed by atoms with Gasteiger partial charge < -0.3 is 5.11 Å². The van der Waals surface area contributed by atoms with Crippen molar-refractivity contribution in [3.05, 3.63) is 93.5 Å². The molecule has 1 N–H and O–H groups in total. The lowest BCUT2D eigenvalue weighted by atomic mass is 9.84. The highest BCUT2D eigenvalue weighted by molar-refractivity contribution is 9.10. The van der Waals surface area contributed by atoms with E-state index >= 15 is 0 Å². The minimum atomic E-state index is -0.342. The second kappa shape index (κ2) is 4.72. The first-order valence-electron chi connectivity index (χ1n) is 8.64. The third kappa shape index (κ3) is 1.76. The van der Waals surface area contributed by atoms with Crippen molar-refractivity contribution in [2.45, 2.75) is 17.9 Å². The fourth-order valence-electron chi connectivity index (χ4n) is 4.93. The van der Waals surface area contributed by atoms with Gasteiger partial charge in [-0.25, -0.2) is 0 Å². The Morgan fingerprint density at radius 1 is 0.600 bits per heavy atom. The predicted octanol–water partition coefficient (Wildman–Crippen LogP) is 5.71. The topological polar surface area (TPSA) is 20.2 Å². The molecule has 0 heterocycles. The Bertz CT molecular complexity index is 1190. The quantitative estimate of drug-likeness (QED) is 0.384. The van der Waals surface area contributed by atoms with E-state index in [2.05, 4.69) is 82.7 Å². The molecule has 120 valence electrons. The molecule has 0 aromatic heterocycles. The normalized spacial score (nSPS) is 23.2. The van der Waals surface area contributed by atoms with Crippen LogP contribution in [0.25, 0.3) is 21.5 Å². The van der Waals surface area contributed by atoms with Crippen LogP contribution in [0.4, 0.5) is 0 Å². The Kier molecular flexibility index (Phi) is 2.65. The maximum atomic E-state index is 10.9.